The Morgan fingerprint density at radius 1 is 1.62 bits per heavy atom. The summed E-state index contributed by atoms with van der Waals surface area (Å²) in [5, 5.41) is 3.53. The van der Waals surface area contributed by atoms with E-state index in [0.717, 1.165) is 17.0 Å². The fraction of sp³-hybridized carbons (Fsp3) is 0.615. The van der Waals surface area contributed by atoms with Crippen molar-refractivity contribution in [2.45, 2.75) is 35.2 Å². The van der Waals surface area contributed by atoms with E-state index in [1.807, 2.05) is 0 Å². The lowest BCUT2D eigenvalue weighted by atomic mass is 10.2. The summed E-state index contributed by atoms with van der Waals surface area (Å²) in [4.78, 5) is 29.3. The van der Waals surface area contributed by atoms with Crippen molar-refractivity contribution in [3.8, 4) is 0 Å². The number of fused-ring (bicyclic) bond motifs is 1. The number of methoxy groups -OCH3 is 1. The van der Waals surface area contributed by atoms with E-state index >= 15 is 0 Å². The van der Waals surface area contributed by atoms with Crippen LogP contribution in [0.5, 0.6) is 0 Å². The lowest BCUT2D eigenvalue weighted by molar-refractivity contribution is -0.118. The summed E-state index contributed by atoms with van der Waals surface area (Å²) < 4.78 is 6.67. The first-order chi connectivity index (χ1) is 10.1. The zero-order chi connectivity index (χ0) is 15.4. The van der Waals surface area contributed by atoms with Gasteiger partial charge in [0.1, 0.15) is 0 Å². The maximum absolute atomic E-state index is 12.6. The third-order valence-corrected chi connectivity index (χ3v) is 5.28. The molecule has 116 valence electrons. The van der Waals surface area contributed by atoms with E-state index in [1.165, 1.54) is 11.8 Å². The molecule has 2 heterocycles. The molecule has 1 unspecified atom stereocenters. The standard InChI is InChI=1S/C13H19N3O3S2/c1-8-6-9-11(21-8)12(18)16(4-5-19-3)13(15-9)20-7-10(17)14-2/h8H,4-7H2,1-3H3,(H,14,17). The fourth-order valence-corrected chi connectivity index (χ4v) is 4.05. The Morgan fingerprint density at radius 2 is 2.38 bits per heavy atom. The molecule has 1 aliphatic rings. The van der Waals surface area contributed by atoms with Crippen molar-refractivity contribution < 1.29 is 9.53 Å². The van der Waals surface area contributed by atoms with E-state index in [1.54, 1.807) is 30.5 Å². The molecule has 0 spiro atoms. The number of nitrogens with zero attached hydrogens (tertiary/aromatic N) is 2. The van der Waals surface area contributed by atoms with Crippen LogP contribution in [-0.2, 0) is 22.5 Å². The monoisotopic (exact) mass is 329 g/mol. The Bertz CT molecular complexity index is 589. The van der Waals surface area contributed by atoms with Gasteiger partial charge >= 0.3 is 0 Å². The molecule has 1 atom stereocenters. The van der Waals surface area contributed by atoms with Crippen molar-refractivity contribution in [3.63, 3.8) is 0 Å². The predicted molar refractivity (Wildman–Crippen MR) is 84.2 cm³/mol. The lowest BCUT2D eigenvalue weighted by Crippen LogP contribution is -2.28. The second-order valence-electron chi connectivity index (χ2n) is 4.71. The van der Waals surface area contributed by atoms with Gasteiger partial charge in [-0.05, 0) is 0 Å². The van der Waals surface area contributed by atoms with Gasteiger partial charge in [0.15, 0.2) is 5.16 Å². The number of thioether (sulfide) groups is 2. The minimum atomic E-state index is -0.0872. The van der Waals surface area contributed by atoms with Crippen molar-refractivity contribution >= 4 is 29.4 Å². The van der Waals surface area contributed by atoms with Gasteiger partial charge in [0.05, 0.1) is 29.5 Å². The van der Waals surface area contributed by atoms with Crippen LogP contribution >= 0.6 is 23.5 Å². The quantitative estimate of drug-likeness (QED) is 0.614. The SMILES string of the molecule is CNC(=O)CSc1nc2c(c(=O)n1CCOC)SC(C)C2. The van der Waals surface area contributed by atoms with Gasteiger partial charge < -0.3 is 10.1 Å². The average molecular weight is 329 g/mol. The molecule has 2 rings (SSSR count). The first-order valence-electron chi connectivity index (χ1n) is 6.69. The summed E-state index contributed by atoms with van der Waals surface area (Å²) in [6.07, 6.45) is 0.799. The molecule has 1 aromatic rings. The minimum Gasteiger partial charge on any atom is -0.383 e. The van der Waals surface area contributed by atoms with Gasteiger partial charge in [-0.3, -0.25) is 14.2 Å². The van der Waals surface area contributed by atoms with E-state index < -0.39 is 0 Å². The summed E-state index contributed by atoms with van der Waals surface area (Å²) in [6, 6.07) is 0. The normalized spacial score (nSPS) is 16.8. The van der Waals surface area contributed by atoms with Crippen molar-refractivity contribution in [1.29, 1.82) is 0 Å². The number of rotatable bonds is 6. The number of amides is 1. The molecule has 0 aromatic carbocycles. The van der Waals surface area contributed by atoms with E-state index in [-0.39, 0.29) is 17.2 Å². The van der Waals surface area contributed by atoms with Gasteiger partial charge in [-0.2, -0.15) is 0 Å². The number of carbonyl (C=O) groups excluding carboxylic acids is 1. The largest absolute Gasteiger partial charge is 0.383 e. The highest BCUT2D eigenvalue weighted by Crippen LogP contribution is 2.34. The topological polar surface area (TPSA) is 73.2 Å². The molecule has 0 bridgehead atoms. The molecule has 6 nitrogen and oxygen atoms in total. The molecule has 1 aliphatic heterocycles. The zero-order valence-electron chi connectivity index (χ0n) is 12.3. The molecule has 0 radical (unpaired) electrons. The molecule has 1 aromatic heterocycles. The van der Waals surface area contributed by atoms with Gasteiger partial charge in [0.2, 0.25) is 5.91 Å². The number of hydrogen-bond donors (Lipinski definition) is 1. The lowest BCUT2D eigenvalue weighted by Gasteiger charge is -2.12. The molecule has 0 fully saturated rings. The van der Waals surface area contributed by atoms with Gasteiger partial charge in [-0.25, -0.2) is 4.98 Å². The number of ether oxygens (including phenoxy) is 1. The molecular weight excluding hydrogens is 310 g/mol. The average Bonchev–Trinajstić information content (AvgIpc) is 2.84. The molecular formula is C13H19N3O3S2. The number of aromatic nitrogens is 2. The van der Waals surface area contributed by atoms with E-state index in [4.69, 9.17) is 4.74 Å². The van der Waals surface area contributed by atoms with Gasteiger partial charge in [-0.15, -0.1) is 11.8 Å². The maximum Gasteiger partial charge on any atom is 0.268 e. The van der Waals surface area contributed by atoms with Crippen LogP contribution in [0, 0.1) is 0 Å². The number of hydrogen-bond acceptors (Lipinski definition) is 6. The van der Waals surface area contributed by atoms with Crippen LogP contribution in [0.2, 0.25) is 0 Å². The van der Waals surface area contributed by atoms with Crippen LogP contribution in [0.3, 0.4) is 0 Å². The Kier molecular flexibility index (Phi) is 5.72. The zero-order valence-corrected chi connectivity index (χ0v) is 14.0. The third-order valence-electron chi connectivity index (χ3n) is 3.09. The predicted octanol–water partition coefficient (Wildman–Crippen LogP) is 0.764. The fourth-order valence-electron chi connectivity index (χ4n) is 2.02. The van der Waals surface area contributed by atoms with Crippen molar-refractivity contribution in [2.75, 3.05) is 26.5 Å². The van der Waals surface area contributed by atoms with Crippen LogP contribution < -0.4 is 10.9 Å². The van der Waals surface area contributed by atoms with Crippen molar-refractivity contribution in [3.05, 3.63) is 16.0 Å². The van der Waals surface area contributed by atoms with Crippen LogP contribution in [0.4, 0.5) is 0 Å². The third kappa shape index (κ3) is 3.81. The van der Waals surface area contributed by atoms with E-state index in [9.17, 15) is 9.59 Å². The molecule has 1 N–H and O–H groups in total. The Hall–Kier alpha value is -0.990. The smallest absolute Gasteiger partial charge is 0.268 e. The summed E-state index contributed by atoms with van der Waals surface area (Å²) in [5.74, 6) is 0.160. The van der Waals surface area contributed by atoms with Crippen molar-refractivity contribution in [2.24, 2.45) is 0 Å². The van der Waals surface area contributed by atoms with Crippen LogP contribution in [-0.4, -0.2) is 47.2 Å². The summed E-state index contributed by atoms with van der Waals surface area (Å²) in [7, 11) is 3.19. The molecule has 21 heavy (non-hydrogen) atoms. The first-order valence-corrected chi connectivity index (χ1v) is 8.56. The second-order valence-corrected chi connectivity index (χ2v) is 7.11. The van der Waals surface area contributed by atoms with Crippen molar-refractivity contribution in [1.82, 2.24) is 14.9 Å². The van der Waals surface area contributed by atoms with Crippen LogP contribution in [0.15, 0.2) is 14.8 Å². The number of carbonyl (C=O) groups is 1. The Balaban J connectivity index is 2.32. The molecule has 0 saturated carbocycles. The highest BCUT2D eigenvalue weighted by Gasteiger charge is 2.26. The first kappa shape index (κ1) is 16.4. The van der Waals surface area contributed by atoms with Crippen LogP contribution in [0.25, 0.3) is 0 Å². The number of nitrogens with one attached hydrogen (secondary N) is 1. The molecule has 0 aliphatic carbocycles. The maximum atomic E-state index is 12.6. The highest BCUT2D eigenvalue weighted by atomic mass is 32.2. The van der Waals surface area contributed by atoms with E-state index in [0.29, 0.717) is 23.6 Å². The molecule has 0 saturated heterocycles. The Morgan fingerprint density at radius 3 is 3.05 bits per heavy atom. The van der Waals surface area contributed by atoms with Gasteiger partial charge in [0.25, 0.3) is 5.56 Å². The molecule has 8 heteroatoms. The van der Waals surface area contributed by atoms with Gasteiger partial charge in [-0.1, -0.05) is 18.7 Å². The summed E-state index contributed by atoms with van der Waals surface area (Å²) >= 11 is 2.86. The molecule has 1 amide bonds. The highest BCUT2D eigenvalue weighted by molar-refractivity contribution is 8.00. The second kappa shape index (κ2) is 7.33. The summed E-state index contributed by atoms with van der Waals surface area (Å²) in [5.41, 5.74) is 0.830. The minimum absolute atomic E-state index is 0.0224. The summed E-state index contributed by atoms with van der Waals surface area (Å²) in [6.45, 7) is 2.97. The van der Waals surface area contributed by atoms with Crippen LogP contribution in [0.1, 0.15) is 12.6 Å². The Labute approximate surface area is 132 Å². The van der Waals surface area contributed by atoms with Gasteiger partial charge in [0, 0.05) is 25.8 Å². The van der Waals surface area contributed by atoms with E-state index in [2.05, 4.69) is 17.2 Å².